The number of amides is 3. The summed E-state index contributed by atoms with van der Waals surface area (Å²) in [5, 5.41) is 0.482. The van der Waals surface area contributed by atoms with Gasteiger partial charge in [-0.1, -0.05) is 11.6 Å². The van der Waals surface area contributed by atoms with Crippen molar-refractivity contribution in [2.45, 2.75) is 4.90 Å². The van der Waals surface area contributed by atoms with Crippen LogP contribution in [0.25, 0.3) is 0 Å². The highest BCUT2D eigenvalue weighted by Gasteiger charge is 2.36. The Kier molecular flexibility index (Phi) is 4.59. The monoisotopic (exact) mass is 361 g/mol. The van der Waals surface area contributed by atoms with E-state index in [1.165, 1.54) is 19.2 Å². The SMILES string of the molecule is COC(=O)c1ccc(Cl)c(S(=O)(=O)NN2CC(=O)N(C)C2=O)c1. The first-order valence-corrected chi connectivity index (χ1v) is 8.02. The zero-order chi connectivity index (χ0) is 17.4. The molecule has 11 heteroatoms. The minimum Gasteiger partial charge on any atom is -0.465 e. The molecule has 124 valence electrons. The standard InChI is InChI=1S/C12H12ClN3O6S/c1-15-10(17)6-16(12(15)19)14-23(20,21)9-5-7(11(18)22-2)3-4-8(9)13/h3-5,14H,6H2,1-2H3. The lowest BCUT2D eigenvalue weighted by Crippen LogP contribution is -2.44. The van der Waals surface area contributed by atoms with Gasteiger partial charge in [0, 0.05) is 7.05 Å². The van der Waals surface area contributed by atoms with E-state index in [-0.39, 0.29) is 10.6 Å². The Morgan fingerprint density at radius 1 is 1.35 bits per heavy atom. The molecule has 0 radical (unpaired) electrons. The third-order valence-corrected chi connectivity index (χ3v) is 4.88. The van der Waals surface area contributed by atoms with Gasteiger partial charge in [-0.25, -0.2) is 23.0 Å². The number of methoxy groups -OCH3 is 1. The van der Waals surface area contributed by atoms with Gasteiger partial charge in [0.05, 0.1) is 17.7 Å². The summed E-state index contributed by atoms with van der Waals surface area (Å²) < 4.78 is 29.2. The Bertz CT molecular complexity index is 794. The van der Waals surface area contributed by atoms with Crippen molar-refractivity contribution in [3.05, 3.63) is 28.8 Å². The number of likely N-dealkylation sites (N-methyl/N-ethyl adjacent to an activating group) is 1. The molecule has 2 rings (SSSR count). The summed E-state index contributed by atoms with van der Waals surface area (Å²) in [4.78, 5) is 36.9. The molecule has 0 spiro atoms. The minimum absolute atomic E-state index is 0.0294. The van der Waals surface area contributed by atoms with Crippen LogP contribution in [0.15, 0.2) is 23.1 Å². The fourth-order valence-corrected chi connectivity index (χ4v) is 3.38. The van der Waals surface area contributed by atoms with E-state index in [0.29, 0.717) is 5.01 Å². The molecule has 1 heterocycles. The molecule has 1 N–H and O–H groups in total. The third kappa shape index (κ3) is 3.28. The molecular weight excluding hydrogens is 350 g/mol. The number of ether oxygens (including phenoxy) is 1. The number of nitrogens with zero attached hydrogens (tertiary/aromatic N) is 2. The molecule has 1 aliphatic rings. The van der Waals surface area contributed by atoms with Gasteiger partial charge < -0.3 is 4.74 Å². The number of rotatable bonds is 4. The average molecular weight is 362 g/mol. The Labute approximate surface area is 136 Å². The van der Waals surface area contributed by atoms with Gasteiger partial charge in [-0.2, -0.15) is 0 Å². The van der Waals surface area contributed by atoms with Gasteiger partial charge in [-0.05, 0) is 18.2 Å². The van der Waals surface area contributed by atoms with Gasteiger partial charge in [0.1, 0.15) is 11.4 Å². The lowest BCUT2D eigenvalue weighted by atomic mass is 10.2. The Hall–Kier alpha value is -2.17. The maximum absolute atomic E-state index is 12.4. The normalized spacial score (nSPS) is 15.3. The van der Waals surface area contributed by atoms with Gasteiger partial charge in [0.15, 0.2) is 0 Å². The van der Waals surface area contributed by atoms with Crippen molar-refractivity contribution >= 4 is 39.5 Å². The van der Waals surface area contributed by atoms with Crippen molar-refractivity contribution < 1.29 is 27.5 Å². The highest BCUT2D eigenvalue weighted by molar-refractivity contribution is 7.89. The zero-order valence-corrected chi connectivity index (χ0v) is 13.6. The van der Waals surface area contributed by atoms with Gasteiger partial charge >= 0.3 is 12.0 Å². The van der Waals surface area contributed by atoms with E-state index in [1.54, 1.807) is 0 Å². The quantitative estimate of drug-likeness (QED) is 0.606. The van der Waals surface area contributed by atoms with Crippen LogP contribution in [0.3, 0.4) is 0 Å². The second-order valence-corrected chi connectivity index (χ2v) is 6.59. The number of sulfonamides is 1. The molecule has 0 bridgehead atoms. The van der Waals surface area contributed by atoms with Gasteiger partial charge in [0.2, 0.25) is 0 Å². The largest absolute Gasteiger partial charge is 0.465 e. The minimum atomic E-state index is -4.28. The predicted molar refractivity (Wildman–Crippen MR) is 78.0 cm³/mol. The number of hydrogen-bond acceptors (Lipinski definition) is 6. The number of hydrazine groups is 1. The third-order valence-electron chi connectivity index (χ3n) is 3.06. The van der Waals surface area contributed by atoms with E-state index in [9.17, 15) is 22.8 Å². The molecule has 0 aromatic heterocycles. The van der Waals surface area contributed by atoms with E-state index in [4.69, 9.17) is 11.6 Å². The van der Waals surface area contributed by atoms with Crippen LogP contribution in [0, 0.1) is 0 Å². The number of carbonyl (C=O) groups excluding carboxylic acids is 3. The lowest BCUT2D eigenvalue weighted by Gasteiger charge is -2.17. The number of esters is 1. The van der Waals surface area contributed by atoms with Gasteiger partial charge in [-0.15, -0.1) is 4.83 Å². The summed E-state index contributed by atoms with van der Waals surface area (Å²) in [5.41, 5.74) is -0.0294. The highest BCUT2D eigenvalue weighted by atomic mass is 35.5. The van der Waals surface area contributed by atoms with Crippen LogP contribution in [0.5, 0.6) is 0 Å². The smallest absolute Gasteiger partial charge is 0.342 e. The molecule has 0 unspecified atom stereocenters. The number of urea groups is 1. The summed E-state index contributed by atoms with van der Waals surface area (Å²) in [6.45, 7) is -0.442. The molecule has 1 aromatic rings. The van der Waals surface area contributed by atoms with Crippen LogP contribution in [-0.4, -0.2) is 56.9 Å². The van der Waals surface area contributed by atoms with Crippen LogP contribution in [0.1, 0.15) is 10.4 Å². The van der Waals surface area contributed by atoms with Crippen LogP contribution >= 0.6 is 11.6 Å². The van der Waals surface area contributed by atoms with Crippen LogP contribution in [0.2, 0.25) is 5.02 Å². The number of imide groups is 1. The predicted octanol–water partition coefficient (Wildman–Crippen LogP) is 0.214. The molecule has 1 saturated heterocycles. The molecule has 3 amide bonds. The van der Waals surface area contributed by atoms with Gasteiger partial charge in [-0.3, -0.25) is 9.69 Å². The van der Waals surface area contributed by atoms with Gasteiger partial charge in [0.25, 0.3) is 15.9 Å². The molecular formula is C12H12ClN3O6S. The van der Waals surface area contributed by atoms with Crippen molar-refractivity contribution in [2.75, 3.05) is 20.7 Å². The maximum atomic E-state index is 12.4. The van der Waals surface area contributed by atoms with Crippen LogP contribution < -0.4 is 4.83 Å². The number of carbonyl (C=O) groups is 3. The number of hydrogen-bond donors (Lipinski definition) is 1. The van der Waals surface area contributed by atoms with E-state index < -0.39 is 39.4 Å². The molecule has 1 aliphatic heterocycles. The Morgan fingerprint density at radius 3 is 2.52 bits per heavy atom. The molecule has 23 heavy (non-hydrogen) atoms. The molecule has 0 saturated carbocycles. The van der Waals surface area contributed by atoms with Crippen molar-refractivity contribution in [3.8, 4) is 0 Å². The zero-order valence-electron chi connectivity index (χ0n) is 12.1. The fourth-order valence-electron chi connectivity index (χ4n) is 1.82. The van der Waals surface area contributed by atoms with E-state index in [1.807, 2.05) is 4.83 Å². The number of nitrogens with one attached hydrogen (secondary N) is 1. The summed E-state index contributed by atoms with van der Waals surface area (Å²) in [6, 6.07) is 2.71. The van der Waals surface area contributed by atoms with Crippen molar-refractivity contribution in [3.63, 3.8) is 0 Å². The summed E-state index contributed by atoms with van der Waals surface area (Å²) in [5.74, 6) is -1.31. The molecule has 0 aliphatic carbocycles. The molecule has 9 nitrogen and oxygen atoms in total. The summed E-state index contributed by atoms with van der Waals surface area (Å²) in [7, 11) is -1.91. The summed E-state index contributed by atoms with van der Waals surface area (Å²) in [6.07, 6.45) is 0. The van der Waals surface area contributed by atoms with Crippen LogP contribution in [0.4, 0.5) is 4.79 Å². The fraction of sp³-hybridized carbons (Fsp3) is 0.250. The van der Waals surface area contributed by atoms with E-state index in [0.717, 1.165) is 18.1 Å². The molecule has 1 fully saturated rings. The highest BCUT2D eigenvalue weighted by Crippen LogP contribution is 2.23. The topological polar surface area (TPSA) is 113 Å². The summed E-state index contributed by atoms with van der Waals surface area (Å²) >= 11 is 5.86. The number of benzene rings is 1. The first-order valence-electron chi connectivity index (χ1n) is 6.15. The average Bonchev–Trinajstić information content (AvgIpc) is 2.73. The first-order chi connectivity index (χ1) is 10.7. The van der Waals surface area contributed by atoms with Crippen LogP contribution in [-0.2, 0) is 19.6 Å². The Morgan fingerprint density at radius 2 is 2.00 bits per heavy atom. The molecule has 1 aromatic carbocycles. The Balaban J connectivity index is 2.35. The van der Waals surface area contributed by atoms with Crippen molar-refractivity contribution in [2.24, 2.45) is 0 Å². The van der Waals surface area contributed by atoms with Crippen molar-refractivity contribution in [1.29, 1.82) is 0 Å². The molecule has 0 atom stereocenters. The van der Waals surface area contributed by atoms with E-state index in [2.05, 4.69) is 4.74 Å². The lowest BCUT2D eigenvalue weighted by molar-refractivity contribution is -0.124. The second-order valence-electron chi connectivity index (χ2n) is 4.55. The van der Waals surface area contributed by atoms with Crippen molar-refractivity contribution in [1.82, 2.24) is 14.7 Å². The van der Waals surface area contributed by atoms with E-state index >= 15 is 0 Å². The maximum Gasteiger partial charge on any atom is 0.342 e. The number of halogens is 1. The second kappa shape index (κ2) is 6.14. The first kappa shape index (κ1) is 17.2.